The maximum absolute atomic E-state index is 11.9. The van der Waals surface area contributed by atoms with Crippen molar-refractivity contribution in [2.45, 2.75) is 27.7 Å². The number of rotatable bonds is 2. The van der Waals surface area contributed by atoms with Crippen LogP contribution in [-0.2, 0) is 9.59 Å². The van der Waals surface area contributed by atoms with E-state index in [9.17, 15) is 19.7 Å². The molecule has 1 heterocycles. The van der Waals surface area contributed by atoms with Crippen molar-refractivity contribution < 1.29 is 14.5 Å². The molecule has 0 atom stereocenters. The Labute approximate surface area is 143 Å². The number of nitrogens with one attached hydrogen (secondary N) is 1. The smallest absolute Gasteiger partial charge is 0.270 e. The molecular weight excluding hydrogens is 322 g/mol. The molecule has 1 N–H and O–H groups in total. The van der Waals surface area contributed by atoms with E-state index in [1.54, 1.807) is 12.1 Å². The van der Waals surface area contributed by atoms with Gasteiger partial charge in [0.1, 0.15) is 0 Å². The van der Waals surface area contributed by atoms with Crippen LogP contribution in [0.2, 0.25) is 0 Å². The van der Waals surface area contributed by atoms with E-state index in [2.05, 4.69) is 4.98 Å². The van der Waals surface area contributed by atoms with Gasteiger partial charge in [0.2, 0.25) is 11.8 Å². The van der Waals surface area contributed by atoms with Crippen molar-refractivity contribution in [1.29, 1.82) is 0 Å². The second-order valence-corrected chi connectivity index (χ2v) is 6.07. The lowest BCUT2D eigenvalue weighted by atomic mass is 10.0. The third-order valence-corrected chi connectivity index (χ3v) is 4.37. The number of nitro groups is 1. The molecule has 0 saturated carbocycles. The molecule has 3 aromatic rings. The van der Waals surface area contributed by atoms with E-state index < -0.39 is 4.92 Å². The number of amides is 2. The van der Waals surface area contributed by atoms with Crippen molar-refractivity contribution in [3.63, 3.8) is 0 Å². The molecular formula is C18H17N3O4. The summed E-state index contributed by atoms with van der Waals surface area (Å²) < 4.78 is 0. The minimum Gasteiger partial charge on any atom is -0.354 e. The van der Waals surface area contributed by atoms with E-state index in [0.29, 0.717) is 11.1 Å². The lowest BCUT2D eigenvalue weighted by molar-refractivity contribution is -0.384. The van der Waals surface area contributed by atoms with Crippen molar-refractivity contribution in [1.82, 2.24) is 4.98 Å². The summed E-state index contributed by atoms with van der Waals surface area (Å²) in [5.74, 6) is -0.750. The standard InChI is InChI=1S/C18H17N3O4/c1-9-7-16(20(11(3)22)12(4)23)10(2)17-14-8-13(21(24)25)5-6-15(14)19-18(9)17/h5-8,19H,1-4H3. The Morgan fingerprint density at radius 3 is 2.32 bits per heavy atom. The Balaban J connectivity index is 2.43. The van der Waals surface area contributed by atoms with Crippen LogP contribution in [-0.4, -0.2) is 21.7 Å². The molecule has 0 aliphatic rings. The number of hydrogen-bond donors (Lipinski definition) is 1. The van der Waals surface area contributed by atoms with Crippen molar-refractivity contribution in [3.8, 4) is 0 Å². The van der Waals surface area contributed by atoms with Crippen LogP contribution >= 0.6 is 0 Å². The SMILES string of the molecule is CC(=O)N(C(C)=O)c1cc(C)c2[nH]c3ccc([N+](=O)[O-])cc3c2c1C. The molecule has 0 spiro atoms. The lowest BCUT2D eigenvalue weighted by Crippen LogP contribution is -2.33. The fraction of sp³-hybridized carbons (Fsp3) is 0.222. The summed E-state index contributed by atoms with van der Waals surface area (Å²) in [6.07, 6.45) is 0. The third-order valence-electron chi connectivity index (χ3n) is 4.37. The highest BCUT2D eigenvalue weighted by atomic mass is 16.6. The normalized spacial score (nSPS) is 11.0. The van der Waals surface area contributed by atoms with Gasteiger partial charge >= 0.3 is 0 Å². The second kappa shape index (κ2) is 5.70. The van der Waals surface area contributed by atoms with Gasteiger partial charge in [0.05, 0.1) is 10.6 Å². The zero-order valence-corrected chi connectivity index (χ0v) is 14.3. The molecule has 0 saturated heterocycles. The minimum atomic E-state index is -0.443. The highest BCUT2D eigenvalue weighted by Gasteiger charge is 2.22. The Bertz CT molecular complexity index is 1050. The van der Waals surface area contributed by atoms with E-state index in [1.807, 2.05) is 13.8 Å². The van der Waals surface area contributed by atoms with Crippen LogP contribution in [0.5, 0.6) is 0 Å². The van der Waals surface area contributed by atoms with Crippen LogP contribution in [0.3, 0.4) is 0 Å². The highest BCUT2D eigenvalue weighted by molar-refractivity contribution is 6.18. The molecule has 2 amide bonds. The summed E-state index contributed by atoms with van der Waals surface area (Å²) in [7, 11) is 0. The van der Waals surface area contributed by atoms with Gasteiger partial charge in [0, 0.05) is 47.8 Å². The number of nitrogens with zero attached hydrogens (tertiary/aromatic N) is 2. The van der Waals surface area contributed by atoms with Crippen LogP contribution in [0.15, 0.2) is 24.3 Å². The van der Waals surface area contributed by atoms with E-state index in [-0.39, 0.29) is 17.5 Å². The number of carbonyl (C=O) groups excluding carboxylic acids is 2. The lowest BCUT2D eigenvalue weighted by Gasteiger charge is -2.21. The van der Waals surface area contributed by atoms with Gasteiger partial charge in [-0.3, -0.25) is 24.6 Å². The number of H-pyrrole nitrogens is 1. The summed E-state index contributed by atoms with van der Waals surface area (Å²) in [6.45, 7) is 6.34. The molecule has 7 heteroatoms. The van der Waals surface area contributed by atoms with Crippen LogP contribution in [0.4, 0.5) is 11.4 Å². The first-order valence-corrected chi connectivity index (χ1v) is 7.73. The summed E-state index contributed by atoms with van der Waals surface area (Å²) >= 11 is 0. The summed E-state index contributed by atoms with van der Waals surface area (Å²) in [6, 6.07) is 6.40. The average Bonchev–Trinajstić information content (AvgIpc) is 2.90. The first-order chi connectivity index (χ1) is 11.7. The van der Waals surface area contributed by atoms with Crippen LogP contribution < -0.4 is 4.90 Å². The molecule has 25 heavy (non-hydrogen) atoms. The van der Waals surface area contributed by atoms with Crippen molar-refractivity contribution >= 4 is 45.0 Å². The largest absolute Gasteiger partial charge is 0.354 e. The number of fused-ring (bicyclic) bond motifs is 3. The molecule has 2 aromatic carbocycles. The fourth-order valence-corrected chi connectivity index (χ4v) is 3.29. The maximum atomic E-state index is 11.9. The van der Waals surface area contributed by atoms with Crippen LogP contribution in [0.25, 0.3) is 21.8 Å². The molecule has 7 nitrogen and oxygen atoms in total. The maximum Gasteiger partial charge on any atom is 0.270 e. The van der Waals surface area contributed by atoms with Crippen LogP contribution in [0.1, 0.15) is 25.0 Å². The number of non-ortho nitro benzene ring substituents is 1. The Kier molecular flexibility index (Phi) is 3.79. The van der Waals surface area contributed by atoms with E-state index in [0.717, 1.165) is 32.4 Å². The van der Waals surface area contributed by atoms with Gasteiger partial charge in [-0.1, -0.05) is 0 Å². The molecule has 1 aromatic heterocycles. The predicted octanol–water partition coefficient (Wildman–Crippen LogP) is 3.75. The number of nitro benzene ring substituents is 1. The molecule has 0 aliphatic heterocycles. The number of carbonyl (C=O) groups is 2. The molecule has 0 unspecified atom stereocenters. The number of anilines is 1. The third kappa shape index (κ3) is 2.53. The van der Waals surface area contributed by atoms with E-state index >= 15 is 0 Å². The van der Waals surface area contributed by atoms with Gasteiger partial charge in [0.15, 0.2) is 0 Å². The summed E-state index contributed by atoms with van der Waals surface area (Å²) in [5.41, 5.74) is 3.66. The molecule has 0 bridgehead atoms. The number of aromatic nitrogens is 1. The number of aromatic amines is 1. The highest BCUT2D eigenvalue weighted by Crippen LogP contribution is 2.37. The molecule has 3 rings (SSSR count). The zero-order valence-electron chi connectivity index (χ0n) is 14.3. The predicted molar refractivity (Wildman–Crippen MR) is 95.8 cm³/mol. The van der Waals surface area contributed by atoms with Gasteiger partial charge in [-0.05, 0) is 37.1 Å². The Hall–Kier alpha value is -3.22. The van der Waals surface area contributed by atoms with Crippen molar-refractivity contribution in [2.24, 2.45) is 0 Å². The van der Waals surface area contributed by atoms with Gasteiger partial charge in [-0.25, -0.2) is 0 Å². The second-order valence-electron chi connectivity index (χ2n) is 6.07. The van der Waals surface area contributed by atoms with E-state index in [1.165, 1.54) is 26.0 Å². The quantitative estimate of drug-likeness (QED) is 0.568. The fourth-order valence-electron chi connectivity index (χ4n) is 3.29. The van der Waals surface area contributed by atoms with Gasteiger partial charge in [-0.15, -0.1) is 0 Å². The minimum absolute atomic E-state index is 0.00847. The molecule has 0 fully saturated rings. The van der Waals surface area contributed by atoms with Gasteiger partial charge < -0.3 is 4.98 Å². The first kappa shape index (κ1) is 16.6. The van der Waals surface area contributed by atoms with Crippen LogP contribution in [0, 0.1) is 24.0 Å². The van der Waals surface area contributed by atoms with E-state index in [4.69, 9.17) is 0 Å². The summed E-state index contributed by atoms with van der Waals surface area (Å²) in [4.78, 5) is 38.9. The molecule has 128 valence electrons. The van der Waals surface area contributed by atoms with Gasteiger partial charge in [0.25, 0.3) is 5.69 Å². The number of imide groups is 1. The van der Waals surface area contributed by atoms with Crippen molar-refractivity contribution in [3.05, 3.63) is 45.5 Å². The van der Waals surface area contributed by atoms with Crippen molar-refractivity contribution in [2.75, 3.05) is 4.90 Å². The summed E-state index contributed by atoms with van der Waals surface area (Å²) in [5, 5.41) is 12.6. The van der Waals surface area contributed by atoms with Gasteiger partial charge in [-0.2, -0.15) is 0 Å². The number of benzene rings is 2. The Morgan fingerprint density at radius 1 is 1.12 bits per heavy atom. The topological polar surface area (TPSA) is 96.3 Å². The average molecular weight is 339 g/mol. The monoisotopic (exact) mass is 339 g/mol. The number of hydrogen-bond acceptors (Lipinski definition) is 4. The first-order valence-electron chi connectivity index (χ1n) is 7.73. The molecule has 0 radical (unpaired) electrons. The Morgan fingerprint density at radius 2 is 1.76 bits per heavy atom. The molecule has 0 aliphatic carbocycles. The number of aryl methyl sites for hydroxylation is 2. The zero-order chi connectivity index (χ0) is 18.5.